The summed E-state index contributed by atoms with van der Waals surface area (Å²) in [5.41, 5.74) is 2.10. The molecule has 0 radical (unpaired) electrons. The van der Waals surface area contributed by atoms with Crippen LogP contribution < -0.4 is 10.1 Å². The molecule has 1 aliphatic heterocycles. The molecule has 0 spiro atoms. The first-order chi connectivity index (χ1) is 16.5. The summed E-state index contributed by atoms with van der Waals surface area (Å²) in [6.45, 7) is 0.173. The molecule has 8 heteroatoms. The highest BCUT2D eigenvalue weighted by Gasteiger charge is 2.39. The molecule has 2 heterocycles. The Labute approximate surface area is 197 Å². The average molecular weight is 463 g/mol. The minimum absolute atomic E-state index is 0.0821. The van der Waals surface area contributed by atoms with Crippen molar-refractivity contribution in [2.24, 2.45) is 0 Å². The third-order valence-electron chi connectivity index (χ3n) is 6.68. The first kappa shape index (κ1) is 22.1. The number of nitrogens with one attached hydrogen (secondary N) is 1. The molecule has 0 saturated heterocycles. The van der Waals surface area contributed by atoms with Gasteiger partial charge >= 0.3 is 0 Å². The van der Waals surface area contributed by atoms with Gasteiger partial charge in [-0.15, -0.1) is 0 Å². The van der Waals surface area contributed by atoms with Gasteiger partial charge in [-0.25, -0.2) is 9.37 Å². The van der Waals surface area contributed by atoms with Gasteiger partial charge in [0.05, 0.1) is 36.6 Å². The molecular formula is C26H27FN4O3. The zero-order valence-electron chi connectivity index (χ0n) is 19.0. The number of rotatable bonds is 5. The van der Waals surface area contributed by atoms with E-state index in [1.165, 1.54) is 23.5 Å². The molecule has 2 amide bonds. The highest BCUT2D eigenvalue weighted by molar-refractivity contribution is 6.01. The predicted molar refractivity (Wildman–Crippen MR) is 124 cm³/mol. The van der Waals surface area contributed by atoms with E-state index in [1.807, 2.05) is 24.3 Å². The van der Waals surface area contributed by atoms with Gasteiger partial charge < -0.3 is 15.0 Å². The molecule has 1 aliphatic carbocycles. The average Bonchev–Trinajstić information content (AvgIpc) is 3.30. The van der Waals surface area contributed by atoms with E-state index in [0.29, 0.717) is 17.1 Å². The lowest BCUT2D eigenvalue weighted by Crippen LogP contribution is -2.46. The summed E-state index contributed by atoms with van der Waals surface area (Å²) in [5.74, 6) is -0.465. The van der Waals surface area contributed by atoms with Gasteiger partial charge in [-0.1, -0.05) is 31.4 Å². The summed E-state index contributed by atoms with van der Waals surface area (Å²) in [5, 5.41) is 3.17. The van der Waals surface area contributed by atoms with Gasteiger partial charge in [0.2, 0.25) is 5.91 Å². The molecule has 1 fully saturated rings. The maximum absolute atomic E-state index is 14.2. The maximum Gasteiger partial charge on any atom is 0.257 e. The van der Waals surface area contributed by atoms with Gasteiger partial charge in [0, 0.05) is 12.6 Å². The van der Waals surface area contributed by atoms with Crippen LogP contribution in [0, 0.1) is 5.82 Å². The Hall–Kier alpha value is -3.68. The summed E-state index contributed by atoms with van der Waals surface area (Å²) in [6.07, 6.45) is 8.35. The van der Waals surface area contributed by atoms with Gasteiger partial charge in [-0.2, -0.15) is 0 Å². The van der Waals surface area contributed by atoms with E-state index < -0.39 is 17.8 Å². The van der Waals surface area contributed by atoms with E-state index in [-0.39, 0.29) is 24.1 Å². The zero-order valence-corrected chi connectivity index (χ0v) is 19.0. The number of halogens is 1. The van der Waals surface area contributed by atoms with Gasteiger partial charge in [0.15, 0.2) is 6.04 Å². The smallest absolute Gasteiger partial charge is 0.257 e. The van der Waals surface area contributed by atoms with E-state index in [9.17, 15) is 14.0 Å². The number of methoxy groups -OCH3 is 1. The van der Waals surface area contributed by atoms with E-state index in [1.54, 1.807) is 30.3 Å². The van der Waals surface area contributed by atoms with E-state index in [4.69, 9.17) is 4.74 Å². The lowest BCUT2D eigenvalue weighted by atomic mass is 9.95. The number of nitrogens with zero attached hydrogens (tertiary/aromatic N) is 3. The molecule has 1 unspecified atom stereocenters. The fraction of sp³-hybridized carbons (Fsp3) is 0.346. The molecule has 3 aromatic rings. The molecule has 0 bridgehead atoms. The summed E-state index contributed by atoms with van der Waals surface area (Å²) in [4.78, 5) is 33.3. The first-order valence-electron chi connectivity index (χ1n) is 11.6. The second-order valence-electron chi connectivity index (χ2n) is 8.88. The van der Waals surface area contributed by atoms with Crippen molar-refractivity contribution in [2.75, 3.05) is 7.11 Å². The Morgan fingerprint density at radius 1 is 1.15 bits per heavy atom. The van der Waals surface area contributed by atoms with Crippen molar-refractivity contribution in [3.8, 4) is 11.4 Å². The minimum atomic E-state index is -0.908. The number of benzene rings is 2. The van der Waals surface area contributed by atoms with Crippen LogP contribution in [0.25, 0.3) is 5.69 Å². The molecule has 176 valence electrons. The lowest BCUT2D eigenvalue weighted by molar-refractivity contribution is -0.127. The van der Waals surface area contributed by atoms with Crippen molar-refractivity contribution >= 4 is 11.8 Å². The van der Waals surface area contributed by atoms with Gasteiger partial charge in [0.25, 0.3) is 5.91 Å². The number of aromatic nitrogens is 2. The van der Waals surface area contributed by atoms with Gasteiger partial charge in [-0.3, -0.25) is 14.2 Å². The number of hydrogen-bond acceptors (Lipinski definition) is 4. The monoisotopic (exact) mass is 462 g/mol. The van der Waals surface area contributed by atoms with Crippen LogP contribution in [-0.2, 0) is 11.3 Å². The largest absolute Gasteiger partial charge is 0.497 e. The standard InChI is InChI=1S/C26H27FN4O3/c1-34-20-10-7-17(8-11-20)15-30-24(25(32)29-19-5-3-2-4-6-19)23-14-28-16-31(23)22-12-9-18(27)13-21(22)26(30)33/h7-14,16,19,24H,2-6,15H2,1H3,(H,29,32). The summed E-state index contributed by atoms with van der Waals surface area (Å²) >= 11 is 0. The van der Waals surface area contributed by atoms with E-state index in [0.717, 1.165) is 31.2 Å². The number of fused-ring (bicyclic) bond motifs is 3. The van der Waals surface area contributed by atoms with E-state index >= 15 is 0 Å². The molecule has 5 rings (SSSR count). The number of imidazole rings is 1. The summed E-state index contributed by atoms with van der Waals surface area (Å²) in [6, 6.07) is 10.6. The molecule has 1 N–H and O–H groups in total. The minimum Gasteiger partial charge on any atom is -0.497 e. The third-order valence-corrected chi connectivity index (χ3v) is 6.68. The Kier molecular flexibility index (Phi) is 6.04. The van der Waals surface area contributed by atoms with Crippen molar-refractivity contribution in [1.29, 1.82) is 0 Å². The highest BCUT2D eigenvalue weighted by atomic mass is 19.1. The number of carbonyl (C=O) groups excluding carboxylic acids is 2. The fourth-order valence-corrected chi connectivity index (χ4v) is 4.92. The Bertz CT molecular complexity index is 1200. The van der Waals surface area contributed by atoms with E-state index in [2.05, 4.69) is 10.3 Å². The quantitative estimate of drug-likeness (QED) is 0.618. The molecular weight excluding hydrogens is 435 g/mol. The van der Waals surface area contributed by atoms with Gasteiger partial charge in [-0.05, 0) is 48.7 Å². The second-order valence-corrected chi connectivity index (χ2v) is 8.88. The van der Waals surface area contributed by atoms with Crippen LogP contribution in [0.15, 0.2) is 55.0 Å². The van der Waals surface area contributed by atoms with Crippen LogP contribution in [0.4, 0.5) is 4.39 Å². The van der Waals surface area contributed by atoms with Crippen molar-refractivity contribution in [3.05, 3.63) is 77.6 Å². The molecule has 2 aliphatic rings. The number of amides is 2. The molecule has 34 heavy (non-hydrogen) atoms. The van der Waals surface area contributed by atoms with Crippen LogP contribution in [0.1, 0.15) is 59.8 Å². The Morgan fingerprint density at radius 2 is 1.91 bits per heavy atom. The van der Waals surface area contributed by atoms with Crippen LogP contribution in [0.3, 0.4) is 0 Å². The Balaban J connectivity index is 1.58. The highest BCUT2D eigenvalue weighted by Crippen LogP contribution is 2.34. The molecule has 1 saturated carbocycles. The molecule has 2 aromatic carbocycles. The molecule has 7 nitrogen and oxygen atoms in total. The maximum atomic E-state index is 14.2. The lowest BCUT2D eigenvalue weighted by Gasteiger charge is -2.32. The predicted octanol–water partition coefficient (Wildman–Crippen LogP) is 4.17. The molecule has 1 aromatic heterocycles. The SMILES string of the molecule is COc1ccc(CN2C(=O)c3cc(F)ccc3-n3cncc3C2C(=O)NC2CCCCC2)cc1. The number of carbonyl (C=O) groups is 2. The van der Waals surface area contributed by atoms with Crippen LogP contribution in [0.5, 0.6) is 5.75 Å². The normalized spacial score (nSPS) is 18.1. The van der Waals surface area contributed by atoms with Crippen LogP contribution >= 0.6 is 0 Å². The topological polar surface area (TPSA) is 76.5 Å². The number of ether oxygens (including phenoxy) is 1. The zero-order chi connectivity index (χ0) is 23.7. The van der Waals surface area contributed by atoms with Crippen molar-refractivity contribution in [3.63, 3.8) is 0 Å². The first-order valence-corrected chi connectivity index (χ1v) is 11.6. The summed E-state index contributed by atoms with van der Waals surface area (Å²) < 4.78 is 21.2. The van der Waals surface area contributed by atoms with Crippen LogP contribution in [-0.4, -0.2) is 39.4 Å². The third kappa shape index (κ3) is 4.16. The summed E-state index contributed by atoms with van der Waals surface area (Å²) in [7, 11) is 1.59. The Morgan fingerprint density at radius 3 is 2.65 bits per heavy atom. The van der Waals surface area contributed by atoms with Crippen molar-refractivity contribution in [2.45, 2.75) is 50.7 Å². The van der Waals surface area contributed by atoms with Crippen molar-refractivity contribution < 1.29 is 18.7 Å². The molecule has 1 atom stereocenters. The van der Waals surface area contributed by atoms with Crippen LogP contribution in [0.2, 0.25) is 0 Å². The van der Waals surface area contributed by atoms with Gasteiger partial charge in [0.1, 0.15) is 11.6 Å². The second kappa shape index (κ2) is 9.29. The number of hydrogen-bond donors (Lipinski definition) is 1. The fourth-order valence-electron chi connectivity index (χ4n) is 4.92. The van der Waals surface area contributed by atoms with Crippen molar-refractivity contribution in [1.82, 2.24) is 19.8 Å².